The van der Waals surface area contributed by atoms with Crippen molar-refractivity contribution >= 4 is 29.7 Å². The summed E-state index contributed by atoms with van der Waals surface area (Å²) in [4.78, 5) is 20.0. The molecule has 1 atom stereocenters. The molecule has 3 nitrogen and oxygen atoms in total. The second kappa shape index (κ2) is 3.87. The molecule has 4 heteroatoms. The lowest BCUT2D eigenvalue weighted by molar-refractivity contribution is -0.130. The Kier molecular flexibility index (Phi) is 3.40. The van der Waals surface area contributed by atoms with E-state index < -0.39 is 11.7 Å². The van der Waals surface area contributed by atoms with Crippen molar-refractivity contribution < 1.29 is 9.59 Å². The van der Waals surface area contributed by atoms with Gasteiger partial charge >= 0.3 is 0 Å². The van der Waals surface area contributed by atoms with Gasteiger partial charge < -0.3 is 0 Å². The number of hydrogen-bond donors (Lipinski definition) is 0. The van der Waals surface area contributed by atoms with E-state index in [1.54, 1.807) is 6.07 Å². The monoisotopic (exact) mass is 141 g/mol. The molecule has 0 rings (SSSR count). The Labute approximate surface area is 57.3 Å². The molecule has 0 aromatic carbocycles. The normalized spacial score (nSPS) is 11.0. The Morgan fingerprint density at radius 2 is 2.33 bits per heavy atom. The number of thiocarbonyl (C=S) groups is 1. The Balaban J connectivity index is 4.15. The molecule has 0 spiro atoms. The number of nitriles is 1. The van der Waals surface area contributed by atoms with Crippen LogP contribution in [0.2, 0.25) is 0 Å². The van der Waals surface area contributed by atoms with Gasteiger partial charge in [-0.15, -0.1) is 0 Å². The quantitative estimate of drug-likeness (QED) is 0.312. The Morgan fingerprint density at radius 1 is 1.78 bits per heavy atom. The van der Waals surface area contributed by atoms with Crippen LogP contribution in [0.3, 0.4) is 0 Å². The zero-order valence-electron chi connectivity index (χ0n) is 4.40. The molecule has 0 aliphatic carbocycles. The van der Waals surface area contributed by atoms with Gasteiger partial charge in [0.05, 0.1) is 6.07 Å². The van der Waals surface area contributed by atoms with Crippen LogP contribution >= 0.6 is 12.2 Å². The van der Waals surface area contributed by atoms with E-state index in [2.05, 4.69) is 12.2 Å². The van der Waals surface area contributed by atoms with Crippen LogP contribution in [0.15, 0.2) is 0 Å². The largest absolute Gasteiger partial charge is 0.295 e. The van der Waals surface area contributed by atoms with Crippen LogP contribution in [-0.2, 0) is 9.59 Å². The highest BCUT2D eigenvalue weighted by atomic mass is 32.1. The predicted octanol–water partition coefficient (Wildman–Crippen LogP) is -0.106. The number of aldehydes is 1. The van der Waals surface area contributed by atoms with Crippen molar-refractivity contribution in [2.45, 2.75) is 0 Å². The first-order valence-electron chi connectivity index (χ1n) is 2.10. The lowest BCUT2D eigenvalue weighted by Crippen LogP contribution is -2.13. The van der Waals surface area contributed by atoms with E-state index in [0.717, 1.165) is 5.37 Å². The molecule has 0 amide bonds. The Morgan fingerprint density at radius 3 is 2.44 bits per heavy atom. The van der Waals surface area contributed by atoms with Crippen LogP contribution in [0.25, 0.3) is 0 Å². The standard InChI is InChI=1S/C5H3NO2S/c6-1-4(3-9)5(8)2-7/h2-4H. The molecule has 9 heavy (non-hydrogen) atoms. The van der Waals surface area contributed by atoms with E-state index in [9.17, 15) is 9.59 Å². The predicted molar refractivity (Wildman–Crippen MR) is 33.8 cm³/mol. The molecule has 0 bridgehead atoms. The summed E-state index contributed by atoms with van der Waals surface area (Å²) >= 11 is 4.29. The van der Waals surface area contributed by atoms with E-state index in [-0.39, 0.29) is 6.29 Å². The SMILES string of the molecule is N#CC(C=S)C(=O)C=O. The van der Waals surface area contributed by atoms with Crippen LogP contribution in [-0.4, -0.2) is 17.4 Å². The molecule has 0 aromatic rings. The second-order valence-corrected chi connectivity index (χ2v) is 1.54. The molecule has 46 valence electrons. The maximum absolute atomic E-state index is 10.3. The minimum Gasteiger partial charge on any atom is -0.295 e. The summed E-state index contributed by atoms with van der Waals surface area (Å²) in [6.45, 7) is 0. The van der Waals surface area contributed by atoms with Crippen LogP contribution in [0.4, 0.5) is 0 Å². The van der Waals surface area contributed by atoms with Gasteiger partial charge in [-0.05, 0) is 0 Å². The lowest BCUT2D eigenvalue weighted by Gasteiger charge is -1.88. The molecule has 0 aliphatic rings. The van der Waals surface area contributed by atoms with E-state index in [1.807, 2.05) is 0 Å². The molecule has 0 aliphatic heterocycles. The molecule has 0 aromatic heterocycles. The summed E-state index contributed by atoms with van der Waals surface area (Å²) in [5.41, 5.74) is 0. The molecule has 0 fully saturated rings. The topological polar surface area (TPSA) is 57.9 Å². The number of carbonyl (C=O) groups is 2. The zero-order valence-corrected chi connectivity index (χ0v) is 5.22. The van der Waals surface area contributed by atoms with Gasteiger partial charge in [0.25, 0.3) is 0 Å². The number of carbonyl (C=O) groups excluding carboxylic acids is 2. The van der Waals surface area contributed by atoms with Gasteiger partial charge in [0.15, 0.2) is 6.29 Å². The van der Waals surface area contributed by atoms with Crippen LogP contribution in [0.5, 0.6) is 0 Å². The number of nitrogens with zero attached hydrogens (tertiary/aromatic N) is 1. The summed E-state index contributed by atoms with van der Waals surface area (Å²) in [5, 5.41) is 9.07. The highest BCUT2D eigenvalue weighted by Crippen LogP contribution is 1.88. The zero-order chi connectivity index (χ0) is 7.28. The molecular weight excluding hydrogens is 138 g/mol. The lowest BCUT2D eigenvalue weighted by atomic mass is 10.1. The summed E-state index contributed by atoms with van der Waals surface area (Å²) in [7, 11) is 0. The number of hydrogen-bond acceptors (Lipinski definition) is 4. The highest BCUT2D eigenvalue weighted by molar-refractivity contribution is 7.79. The maximum Gasteiger partial charge on any atom is 0.216 e. The summed E-state index contributed by atoms with van der Waals surface area (Å²) in [5.74, 6) is -1.83. The summed E-state index contributed by atoms with van der Waals surface area (Å²) in [6.07, 6.45) is 0.0939. The Bertz CT molecular complexity index is 182. The first kappa shape index (κ1) is 7.92. The van der Waals surface area contributed by atoms with Crippen LogP contribution in [0.1, 0.15) is 0 Å². The van der Waals surface area contributed by atoms with Crippen molar-refractivity contribution in [1.29, 1.82) is 5.26 Å². The van der Waals surface area contributed by atoms with Crippen LogP contribution in [0, 0.1) is 17.2 Å². The molecule has 0 N–H and O–H groups in total. The van der Waals surface area contributed by atoms with E-state index in [4.69, 9.17) is 5.26 Å². The van der Waals surface area contributed by atoms with Crippen LogP contribution < -0.4 is 0 Å². The molecule has 0 heterocycles. The summed E-state index contributed by atoms with van der Waals surface area (Å²) < 4.78 is 0. The van der Waals surface area contributed by atoms with Crippen molar-refractivity contribution in [3.8, 4) is 6.07 Å². The van der Waals surface area contributed by atoms with Gasteiger partial charge in [0.1, 0.15) is 5.92 Å². The average molecular weight is 141 g/mol. The fourth-order valence-corrected chi connectivity index (χ4v) is 0.429. The van der Waals surface area contributed by atoms with Crippen molar-refractivity contribution in [3.05, 3.63) is 0 Å². The van der Waals surface area contributed by atoms with Gasteiger partial charge in [-0.25, -0.2) is 0 Å². The van der Waals surface area contributed by atoms with Crippen molar-refractivity contribution in [2.75, 3.05) is 0 Å². The van der Waals surface area contributed by atoms with Gasteiger partial charge in [0, 0.05) is 5.37 Å². The molecule has 0 radical (unpaired) electrons. The van der Waals surface area contributed by atoms with Gasteiger partial charge in [-0.2, -0.15) is 5.26 Å². The van der Waals surface area contributed by atoms with Gasteiger partial charge in [-0.1, -0.05) is 12.2 Å². The molecule has 1 unspecified atom stereocenters. The number of ketones is 1. The fourth-order valence-electron chi connectivity index (χ4n) is 0.234. The number of Topliss-reactive ketones (excluding diaryl/α,β-unsaturated/α-hetero) is 1. The Hall–Kier alpha value is -1.08. The minimum atomic E-state index is -1.04. The van der Waals surface area contributed by atoms with E-state index in [1.165, 1.54) is 0 Å². The first-order valence-corrected chi connectivity index (χ1v) is 2.57. The maximum atomic E-state index is 10.3. The smallest absolute Gasteiger partial charge is 0.216 e. The third-order valence-corrected chi connectivity index (χ3v) is 0.970. The minimum absolute atomic E-state index is 0.0939. The highest BCUT2D eigenvalue weighted by Gasteiger charge is 2.11. The average Bonchev–Trinajstić information content (AvgIpc) is 1.90. The molecular formula is C5H3NO2S. The fraction of sp³-hybridized carbons (Fsp3) is 0.200. The van der Waals surface area contributed by atoms with E-state index in [0.29, 0.717) is 0 Å². The second-order valence-electron chi connectivity index (χ2n) is 1.26. The molecule has 0 saturated carbocycles. The third kappa shape index (κ3) is 2.11. The van der Waals surface area contributed by atoms with Crippen molar-refractivity contribution in [3.63, 3.8) is 0 Å². The van der Waals surface area contributed by atoms with Gasteiger partial charge in [0.2, 0.25) is 5.78 Å². The van der Waals surface area contributed by atoms with Crippen molar-refractivity contribution in [2.24, 2.45) is 5.92 Å². The molecule has 0 saturated heterocycles. The van der Waals surface area contributed by atoms with Gasteiger partial charge in [-0.3, -0.25) is 9.59 Å². The van der Waals surface area contributed by atoms with E-state index >= 15 is 0 Å². The third-order valence-electron chi connectivity index (χ3n) is 0.698. The first-order chi connectivity index (χ1) is 4.26. The number of rotatable bonds is 3. The van der Waals surface area contributed by atoms with Crippen molar-refractivity contribution in [1.82, 2.24) is 0 Å². The summed E-state index contributed by atoms with van der Waals surface area (Å²) in [6, 6.07) is 1.56.